The largest absolute Gasteiger partial charge is 0.494 e. The topological polar surface area (TPSA) is 22.1 Å². The number of fused-ring (bicyclic) bond motifs is 1. The highest BCUT2D eigenvalue weighted by molar-refractivity contribution is 6.35. The van der Waals surface area contributed by atoms with Gasteiger partial charge in [-0.15, -0.1) is 0 Å². The zero-order valence-electron chi connectivity index (χ0n) is 9.62. The van der Waals surface area contributed by atoms with Crippen molar-refractivity contribution < 1.29 is 4.74 Å². The highest BCUT2D eigenvalue weighted by Gasteiger charge is 2.10. The van der Waals surface area contributed by atoms with E-state index >= 15 is 0 Å². The Kier molecular flexibility index (Phi) is 3.01. The normalized spacial score (nSPS) is 11.1. The third-order valence-corrected chi connectivity index (χ3v) is 2.90. The number of nitrogens with zero attached hydrogens (tertiary/aromatic N) is 1. The molecule has 1 aromatic heterocycles. The van der Waals surface area contributed by atoms with E-state index in [-0.39, 0.29) is 0 Å². The molecular formula is C13H14ClNO. The summed E-state index contributed by atoms with van der Waals surface area (Å²) in [5.74, 6) is 1.12. The van der Waals surface area contributed by atoms with Crippen LogP contribution in [0.4, 0.5) is 0 Å². The fourth-order valence-corrected chi connectivity index (χ4v) is 1.92. The molecule has 16 heavy (non-hydrogen) atoms. The van der Waals surface area contributed by atoms with Crippen molar-refractivity contribution >= 4 is 22.5 Å². The average Bonchev–Trinajstić information content (AvgIpc) is 2.28. The van der Waals surface area contributed by atoms with E-state index < -0.39 is 0 Å². The van der Waals surface area contributed by atoms with E-state index in [9.17, 15) is 0 Å². The lowest BCUT2D eigenvalue weighted by atomic mass is 10.1. The number of rotatable bonds is 2. The van der Waals surface area contributed by atoms with Gasteiger partial charge in [-0.05, 0) is 18.1 Å². The summed E-state index contributed by atoms with van der Waals surface area (Å²) in [6.45, 7) is 4.19. The Morgan fingerprint density at radius 1 is 1.31 bits per heavy atom. The zero-order chi connectivity index (χ0) is 11.7. The van der Waals surface area contributed by atoms with Crippen molar-refractivity contribution in [2.24, 2.45) is 0 Å². The second-order valence-electron chi connectivity index (χ2n) is 4.04. The number of hydrogen-bond acceptors (Lipinski definition) is 2. The first kappa shape index (κ1) is 11.2. The van der Waals surface area contributed by atoms with Crippen LogP contribution in [-0.4, -0.2) is 12.1 Å². The first-order valence-electron chi connectivity index (χ1n) is 5.26. The van der Waals surface area contributed by atoms with E-state index in [0.717, 1.165) is 27.4 Å². The number of para-hydroxylation sites is 1. The first-order valence-corrected chi connectivity index (χ1v) is 5.64. The highest BCUT2D eigenvalue weighted by atomic mass is 35.5. The van der Waals surface area contributed by atoms with Gasteiger partial charge in [0.1, 0.15) is 11.3 Å². The summed E-state index contributed by atoms with van der Waals surface area (Å²) in [4.78, 5) is 4.60. The van der Waals surface area contributed by atoms with Crippen LogP contribution in [0.15, 0.2) is 24.3 Å². The molecule has 0 aliphatic carbocycles. The maximum atomic E-state index is 6.24. The third kappa shape index (κ3) is 1.85. The number of halogens is 1. The number of benzene rings is 1. The van der Waals surface area contributed by atoms with E-state index in [2.05, 4.69) is 18.8 Å². The Hall–Kier alpha value is -1.28. The van der Waals surface area contributed by atoms with Crippen molar-refractivity contribution in [3.05, 3.63) is 35.0 Å². The van der Waals surface area contributed by atoms with Crippen molar-refractivity contribution in [1.29, 1.82) is 0 Å². The maximum absolute atomic E-state index is 6.24. The molecule has 0 radical (unpaired) electrons. The van der Waals surface area contributed by atoms with Crippen LogP contribution in [-0.2, 0) is 0 Å². The second kappa shape index (κ2) is 4.30. The Morgan fingerprint density at radius 3 is 2.69 bits per heavy atom. The van der Waals surface area contributed by atoms with E-state index in [1.165, 1.54) is 0 Å². The van der Waals surface area contributed by atoms with Gasteiger partial charge in [-0.3, -0.25) is 0 Å². The average molecular weight is 236 g/mol. The Labute approximate surface area is 100 Å². The molecule has 84 valence electrons. The standard InChI is InChI=1S/C13H14ClNO/c1-8(2)11-7-10(14)9-5-4-6-12(16-3)13(9)15-11/h4-8H,1-3H3. The molecule has 2 nitrogen and oxygen atoms in total. The van der Waals surface area contributed by atoms with Gasteiger partial charge >= 0.3 is 0 Å². The minimum absolute atomic E-state index is 0.354. The van der Waals surface area contributed by atoms with Crippen LogP contribution in [0.25, 0.3) is 10.9 Å². The lowest BCUT2D eigenvalue weighted by molar-refractivity contribution is 0.418. The van der Waals surface area contributed by atoms with Crippen LogP contribution >= 0.6 is 11.6 Å². The van der Waals surface area contributed by atoms with Crippen molar-refractivity contribution in [2.45, 2.75) is 19.8 Å². The number of pyridine rings is 1. The zero-order valence-corrected chi connectivity index (χ0v) is 10.4. The summed E-state index contributed by atoms with van der Waals surface area (Å²) in [6, 6.07) is 7.70. The van der Waals surface area contributed by atoms with Crippen LogP contribution in [0.1, 0.15) is 25.5 Å². The van der Waals surface area contributed by atoms with E-state index in [1.54, 1.807) is 7.11 Å². The number of aromatic nitrogens is 1. The van der Waals surface area contributed by atoms with Crippen molar-refractivity contribution in [2.75, 3.05) is 7.11 Å². The van der Waals surface area contributed by atoms with Crippen molar-refractivity contribution in [1.82, 2.24) is 4.98 Å². The molecule has 0 amide bonds. The number of ether oxygens (including phenoxy) is 1. The molecule has 0 unspecified atom stereocenters. The Morgan fingerprint density at radius 2 is 2.06 bits per heavy atom. The van der Waals surface area contributed by atoms with E-state index in [0.29, 0.717) is 5.92 Å². The molecule has 0 bridgehead atoms. The highest BCUT2D eigenvalue weighted by Crippen LogP contribution is 2.31. The molecule has 0 saturated carbocycles. The summed E-state index contributed by atoms with van der Waals surface area (Å²) in [5, 5.41) is 1.66. The van der Waals surface area contributed by atoms with Gasteiger partial charge in [0.25, 0.3) is 0 Å². The van der Waals surface area contributed by atoms with Crippen LogP contribution < -0.4 is 4.74 Å². The van der Waals surface area contributed by atoms with E-state index in [1.807, 2.05) is 24.3 Å². The molecule has 2 aromatic rings. The van der Waals surface area contributed by atoms with Crippen molar-refractivity contribution in [3.8, 4) is 5.75 Å². The summed E-state index contributed by atoms with van der Waals surface area (Å²) in [6.07, 6.45) is 0. The molecule has 1 heterocycles. The second-order valence-corrected chi connectivity index (χ2v) is 4.45. The van der Waals surface area contributed by atoms with Crippen LogP contribution in [0, 0.1) is 0 Å². The minimum atomic E-state index is 0.354. The predicted octanol–water partition coefficient (Wildman–Crippen LogP) is 4.02. The van der Waals surface area contributed by atoms with Gasteiger partial charge in [-0.2, -0.15) is 0 Å². The smallest absolute Gasteiger partial charge is 0.145 e. The third-order valence-electron chi connectivity index (χ3n) is 2.58. The Bertz CT molecular complexity index is 523. The lowest BCUT2D eigenvalue weighted by Gasteiger charge is -2.10. The van der Waals surface area contributed by atoms with Crippen molar-refractivity contribution in [3.63, 3.8) is 0 Å². The quantitative estimate of drug-likeness (QED) is 0.784. The molecule has 1 aromatic carbocycles. The van der Waals surface area contributed by atoms with Gasteiger partial charge in [-0.1, -0.05) is 37.6 Å². The molecule has 3 heteroatoms. The van der Waals surface area contributed by atoms with Gasteiger partial charge in [0, 0.05) is 11.1 Å². The molecule has 0 aliphatic heterocycles. The summed E-state index contributed by atoms with van der Waals surface area (Å²) in [7, 11) is 1.65. The van der Waals surface area contributed by atoms with Gasteiger partial charge in [0.2, 0.25) is 0 Å². The fourth-order valence-electron chi connectivity index (χ4n) is 1.66. The molecule has 0 fully saturated rings. The predicted molar refractivity (Wildman–Crippen MR) is 67.4 cm³/mol. The molecule has 0 N–H and O–H groups in total. The Balaban J connectivity index is 2.77. The summed E-state index contributed by atoms with van der Waals surface area (Å²) < 4.78 is 5.30. The van der Waals surface area contributed by atoms with E-state index in [4.69, 9.17) is 16.3 Å². The molecule has 0 aliphatic rings. The van der Waals surface area contributed by atoms with Gasteiger partial charge < -0.3 is 4.74 Å². The van der Waals surface area contributed by atoms with Crippen LogP contribution in [0.2, 0.25) is 5.02 Å². The SMILES string of the molecule is COc1cccc2c(Cl)cc(C(C)C)nc12. The lowest BCUT2D eigenvalue weighted by Crippen LogP contribution is -1.95. The first-order chi connectivity index (χ1) is 7.63. The molecular weight excluding hydrogens is 222 g/mol. The monoisotopic (exact) mass is 235 g/mol. The number of hydrogen-bond donors (Lipinski definition) is 0. The summed E-state index contributed by atoms with van der Waals surface area (Å²) >= 11 is 6.24. The molecule has 0 spiro atoms. The maximum Gasteiger partial charge on any atom is 0.145 e. The summed E-state index contributed by atoms with van der Waals surface area (Å²) in [5.41, 5.74) is 1.82. The fraction of sp³-hybridized carbons (Fsp3) is 0.308. The number of methoxy groups -OCH3 is 1. The molecule has 0 atom stereocenters. The minimum Gasteiger partial charge on any atom is -0.494 e. The molecule has 0 saturated heterocycles. The van der Waals surface area contributed by atoms with Gasteiger partial charge in [0.05, 0.1) is 12.1 Å². The van der Waals surface area contributed by atoms with Gasteiger partial charge in [-0.25, -0.2) is 4.98 Å². The van der Waals surface area contributed by atoms with Gasteiger partial charge in [0.15, 0.2) is 0 Å². The van der Waals surface area contributed by atoms with Crippen LogP contribution in [0.3, 0.4) is 0 Å². The molecule has 2 rings (SSSR count). The van der Waals surface area contributed by atoms with Crippen LogP contribution in [0.5, 0.6) is 5.75 Å².